The Morgan fingerprint density at radius 1 is 0.595 bits per heavy atom. The van der Waals surface area contributed by atoms with E-state index in [0.717, 1.165) is 71.4 Å². The van der Waals surface area contributed by atoms with Gasteiger partial charge in [0.15, 0.2) is 0 Å². The average Bonchev–Trinajstić information content (AvgIpc) is 3.40. The number of para-hydroxylation sites is 2. The highest BCUT2D eigenvalue weighted by Gasteiger charge is 2.18. The van der Waals surface area contributed by atoms with Gasteiger partial charge in [-0.25, -0.2) is 0 Å². The summed E-state index contributed by atoms with van der Waals surface area (Å²) in [6.45, 7) is 0. The fraction of sp³-hybridized carbons (Fsp3) is 0. The molecule has 8 aromatic rings. The first-order chi connectivity index (χ1) is 20.7. The highest BCUT2D eigenvalue weighted by atomic mass is 15.0. The van der Waals surface area contributed by atoms with Crippen molar-refractivity contribution < 1.29 is 0 Å². The van der Waals surface area contributed by atoms with E-state index in [4.69, 9.17) is 5.41 Å². The smallest absolute Gasteiger partial charge is 0.0991 e. The summed E-state index contributed by atoms with van der Waals surface area (Å²) in [6, 6.07) is 46.2. The van der Waals surface area contributed by atoms with Gasteiger partial charge in [0, 0.05) is 33.9 Å². The van der Waals surface area contributed by atoms with Crippen LogP contribution >= 0.6 is 0 Å². The van der Waals surface area contributed by atoms with E-state index < -0.39 is 0 Å². The zero-order valence-corrected chi connectivity index (χ0v) is 22.6. The largest absolute Gasteiger partial charge is 0.354 e. The maximum atomic E-state index is 9.56. The number of anilines is 2. The number of aromatic nitrogens is 1. The Kier molecular flexibility index (Phi) is 5.32. The molecule has 7 aromatic carbocycles. The molecule has 1 aromatic heterocycles. The Labute approximate surface area is 242 Å². The number of hydrogen-bond acceptors (Lipinski definition) is 3. The molecule has 0 aliphatic rings. The normalized spacial score (nSPS) is 11.4. The van der Waals surface area contributed by atoms with Gasteiger partial charge >= 0.3 is 0 Å². The van der Waals surface area contributed by atoms with E-state index in [9.17, 15) is 5.26 Å². The van der Waals surface area contributed by atoms with Crippen LogP contribution < -0.4 is 5.32 Å². The molecule has 0 spiro atoms. The predicted octanol–water partition coefficient (Wildman–Crippen LogP) is 9.86. The molecule has 42 heavy (non-hydrogen) atoms. The average molecular weight is 537 g/mol. The van der Waals surface area contributed by atoms with Crippen molar-refractivity contribution in [3.8, 4) is 11.8 Å². The van der Waals surface area contributed by atoms with Crippen molar-refractivity contribution >= 4 is 71.7 Å². The zero-order valence-electron chi connectivity index (χ0n) is 22.6. The van der Waals surface area contributed by atoms with E-state index in [-0.39, 0.29) is 0 Å². The third kappa shape index (κ3) is 3.51. The van der Waals surface area contributed by atoms with E-state index in [1.165, 1.54) is 11.6 Å². The van der Waals surface area contributed by atoms with E-state index in [1.807, 2.05) is 48.5 Å². The van der Waals surface area contributed by atoms with Gasteiger partial charge in [-0.1, -0.05) is 72.8 Å². The summed E-state index contributed by atoms with van der Waals surface area (Å²) >= 11 is 0. The minimum atomic E-state index is 0.665. The van der Waals surface area contributed by atoms with Crippen molar-refractivity contribution in [2.24, 2.45) is 0 Å². The van der Waals surface area contributed by atoms with Crippen molar-refractivity contribution in [1.82, 2.24) is 4.57 Å². The molecule has 8 rings (SSSR count). The van der Waals surface area contributed by atoms with Crippen LogP contribution in [0.2, 0.25) is 0 Å². The molecule has 4 heteroatoms. The first-order valence-corrected chi connectivity index (χ1v) is 13.9. The van der Waals surface area contributed by atoms with Crippen LogP contribution in [0.4, 0.5) is 11.4 Å². The molecule has 0 bridgehead atoms. The number of benzene rings is 7. The molecule has 0 aliphatic heterocycles. The Hall–Kier alpha value is -5.92. The molecule has 0 amide bonds. The molecule has 0 radical (unpaired) electrons. The summed E-state index contributed by atoms with van der Waals surface area (Å²) in [5, 5.41) is 30.4. The van der Waals surface area contributed by atoms with E-state index in [2.05, 4.69) is 94.8 Å². The topological polar surface area (TPSA) is 64.6 Å². The van der Waals surface area contributed by atoms with Gasteiger partial charge < -0.3 is 15.3 Å². The standard InChI is InChI=1S/C38H24N4/c39-22-24-14-17-30-31-18-16-27(21-34(31)29-11-5-4-10-28(29)33(30)20-24)42-35-13-7-6-12-32(35)37-36(42)19-15-25(23-40)38(37)41-26-8-2-1-3-9-26/h1-21,23,40-41H. The lowest BCUT2D eigenvalue weighted by Crippen LogP contribution is -1.98. The van der Waals surface area contributed by atoms with Gasteiger partial charge in [-0.15, -0.1) is 0 Å². The molecular weight excluding hydrogens is 512 g/mol. The number of rotatable bonds is 4. The van der Waals surface area contributed by atoms with E-state index in [1.54, 1.807) is 0 Å². The lowest BCUT2D eigenvalue weighted by atomic mass is 9.93. The molecule has 4 nitrogen and oxygen atoms in total. The molecule has 0 atom stereocenters. The summed E-state index contributed by atoms with van der Waals surface area (Å²) in [6.07, 6.45) is 1.42. The summed E-state index contributed by atoms with van der Waals surface area (Å²) in [7, 11) is 0. The number of nitrogens with zero attached hydrogens (tertiary/aromatic N) is 2. The van der Waals surface area contributed by atoms with Crippen LogP contribution in [0, 0.1) is 16.7 Å². The Balaban J connectivity index is 1.45. The molecule has 196 valence electrons. The highest BCUT2D eigenvalue weighted by Crippen LogP contribution is 2.41. The van der Waals surface area contributed by atoms with Crippen molar-refractivity contribution in [2.45, 2.75) is 0 Å². The van der Waals surface area contributed by atoms with Crippen LogP contribution in [0.15, 0.2) is 127 Å². The minimum absolute atomic E-state index is 0.665. The SMILES string of the molecule is N#Cc1ccc2c3ccc(-n4c5ccccc5c5c(Nc6ccccc6)c(C=N)ccc54)cc3c3ccccc3c2c1. The van der Waals surface area contributed by atoms with Crippen molar-refractivity contribution in [1.29, 1.82) is 10.7 Å². The van der Waals surface area contributed by atoms with Crippen LogP contribution in [0.1, 0.15) is 11.1 Å². The van der Waals surface area contributed by atoms with Gasteiger partial charge in [0.2, 0.25) is 0 Å². The Bertz CT molecular complexity index is 2390. The number of hydrogen-bond donors (Lipinski definition) is 2. The summed E-state index contributed by atoms with van der Waals surface area (Å²) in [5.41, 5.74) is 6.65. The van der Waals surface area contributed by atoms with Crippen molar-refractivity contribution in [2.75, 3.05) is 5.32 Å². The maximum Gasteiger partial charge on any atom is 0.0991 e. The minimum Gasteiger partial charge on any atom is -0.354 e. The first-order valence-electron chi connectivity index (χ1n) is 13.9. The van der Waals surface area contributed by atoms with Gasteiger partial charge in [-0.2, -0.15) is 5.26 Å². The second-order valence-electron chi connectivity index (χ2n) is 10.6. The summed E-state index contributed by atoms with van der Waals surface area (Å²) in [4.78, 5) is 0. The third-order valence-electron chi connectivity index (χ3n) is 8.28. The fourth-order valence-corrected chi connectivity index (χ4v) is 6.43. The fourth-order valence-electron chi connectivity index (χ4n) is 6.43. The lowest BCUT2D eigenvalue weighted by molar-refractivity contribution is 1.19. The van der Waals surface area contributed by atoms with Crippen LogP contribution in [-0.2, 0) is 0 Å². The van der Waals surface area contributed by atoms with E-state index in [0.29, 0.717) is 5.56 Å². The zero-order chi connectivity index (χ0) is 28.2. The van der Waals surface area contributed by atoms with Crippen LogP contribution in [-0.4, -0.2) is 10.8 Å². The van der Waals surface area contributed by atoms with Gasteiger partial charge in [-0.05, 0) is 86.9 Å². The van der Waals surface area contributed by atoms with Gasteiger partial charge in [0.1, 0.15) is 0 Å². The molecule has 1 heterocycles. The van der Waals surface area contributed by atoms with E-state index >= 15 is 0 Å². The second kappa shape index (κ2) is 9.33. The first kappa shape index (κ1) is 23.9. The third-order valence-corrected chi connectivity index (χ3v) is 8.28. The lowest BCUT2D eigenvalue weighted by Gasteiger charge is -2.15. The van der Waals surface area contributed by atoms with Crippen molar-refractivity contribution in [3.63, 3.8) is 0 Å². The monoisotopic (exact) mass is 536 g/mol. The van der Waals surface area contributed by atoms with Crippen molar-refractivity contribution in [3.05, 3.63) is 139 Å². The summed E-state index contributed by atoms with van der Waals surface area (Å²) in [5.74, 6) is 0. The van der Waals surface area contributed by atoms with Gasteiger partial charge in [-0.3, -0.25) is 0 Å². The van der Waals surface area contributed by atoms with Gasteiger partial charge in [0.25, 0.3) is 0 Å². The maximum absolute atomic E-state index is 9.56. The van der Waals surface area contributed by atoms with Gasteiger partial charge in [0.05, 0.1) is 28.4 Å². The molecular formula is C38H24N4. The van der Waals surface area contributed by atoms with Crippen LogP contribution in [0.5, 0.6) is 0 Å². The number of fused-ring (bicyclic) bond motifs is 9. The van der Waals surface area contributed by atoms with Crippen LogP contribution in [0.3, 0.4) is 0 Å². The Morgan fingerprint density at radius 2 is 1.24 bits per heavy atom. The quantitative estimate of drug-likeness (QED) is 0.174. The molecule has 0 unspecified atom stereocenters. The second-order valence-corrected chi connectivity index (χ2v) is 10.6. The number of nitrogens with one attached hydrogen (secondary N) is 2. The molecule has 0 aliphatic carbocycles. The number of nitriles is 1. The molecule has 0 saturated carbocycles. The predicted molar refractivity (Wildman–Crippen MR) is 176 cm³/mol. The Morgan fingerprint density at radius 3 is 1.98 bits per heavy atom. The van der Waals surface area contributed by atoms with Crippen LogP contribution in [0.25, 0.3) is 59.8 Å². The molecule has 0 saturated heterocycles. The molecule has 0 fully saturated rings. The molecule has 2 N–H and O–H groups in total. The highest BCUT2D eigenvalue weighted by molar-refractivity contribution is 6.26. The summed E-state index contributed by atoms with van der Waals surface area (Å²) < 4.78 is 2.33.